The average molecular weight is 520 g/mol. The number of carbonyl (C=O) groups is 1. The molecular formula is C30H41N5O3. The van der Waals surface area contributed by atoms with Gasteiger partial charge in [-0.3, -0.25) is 4.79 Å². The minimum atomic E-state index is -0.416. The SMILES string of the molecule is C=CC1=C(C=C)CC(NC(=O)C2(CC(C)C)CCN(c3nc(N)c4cc(OC)c(OC)cc4n3)CC2)CC1. The second-order valence-electron chi connectivity index (χ2n) is 10.9. The highest BCUT2D eigenvalue weighted by atomic mass is 16.5. The number of nitrogens with zero attached hydrogens (tertiary/aromatic N) is 3. The third-order valence-corrected chi connectivity index (χ3v) is 7.97. The first-order valence-electron chi connectivity index (χ1n) is 13.5. The minimum Gasteiger partial charge on any atom is -0.493 e. The number of nitrogen functional groups attached to an aromatic ring is 1. The number of nitrogens with one attached hydrogen (secondary N) is 1. The fourth-order valence-corrected chi connectivity index (χ4v) is 5.95. The molecule has 4 rings (SSSR count). The van der Waals surface area contributed by atoms with Crippen LogP contribution in [0.2, 0.25) is 0 Å². The maximum absolute atomic E-state index is 13.8. The molecule has 1 saturated heterocycles. The molecule has 3 N–H and O–H groups in total. The summed E-state index contributed by atoms with van der Waals surface area (Å²) in [6, 6.07) is 3.75. The van der Waals surface area contributed by atoms with Gasteiger partial charge in [0.05, 0.1) is 25.2 Å². The Morgan fingerprint density at radius 2 is 1.82 bits per heavy atom. The van der Waals surface area contributed by atoms with Crippen molar-refractivity contribution in [3.05, 3.63) is 48.6 Å². The quantitative estimate of drug-likeness (QED) is 0.469. The van der Waals surface area contributed by atoms with E-state index in [-0.39, 0.29) is 11.9 Å². The number of hydrogen-bond donors (Lipinski definition) is 2. The van der Waals surface area contributed by atoms with E-state index in [0.29, 0.717) is 47.8 Å². The molecule has 1 atom stereocenters. The van der Waals surface area contributed by atoms with Crippen LogP contribution in [-0.2, 0) is 4.79 Å². The highest BCUT2D eigenvalue weighted by Gasteiger charge is 2.43. The summed E-state index contributed by atoms with van der Waals surface area (Å²) in [6.45, 7) is 13.6. The standard InChI is InChI=1S/C30H41N5O3/c1-7-20-9-10-22(15-21(20)8-2)32-28(36)30(18-19(3)4)11-13-35(14-12-30)29-33-24-17-26(38-6)25(37-5)16-23(24)27(31)34-29/h7-8,16-17,19,22H,1-2,9-15,18H2,3-6H3,(H,32,36)(H2,31,33,34). The van der Waals surface area contributed by atoms with Crippen molar-refractivity contribution in [3.8, 4) is 11.5 Å². The van der Waals surface area contributed by atoms with Crippen LogP contribution < -0.4 is 25.4 Å². The average Bonchev–Trinajstić information content (AvgIpc) is 2.92. The number of hydrogen-bond acceptors (Lipinski definition) is 7. The summed E-state index contributed by atoms with van der Waals surface area (Å²) < 4.78 is 10.9. The lowest BCUT2D eigenvalue weighted by Crippen LogP contribution is -2.52. The fraction of sp³-hybridized carbons (Fsp3) is 0.500. The largest absolute Gasteiger partial charge is 0.493 e. The summed E-state index contributed by atoms with van der Waals surface area (Å²) in [5.41, 5.74) is 9.04. The number of carbonyl (C=O) groups excluding carboxylic acids is 1. The van der Waals surface area contributed by atoms with Crippen molar-refractivity contribution in [1.29, 1.82) is 0 Å². The molecule has 8 nitrogen and oxygen atoms in total. The fourth-order valence-electron chi connectivity index (χ4n) is 5.95. The zero-order valence-corrected chi connectivity index (χ0v) is 23.2. The molecule has 1 amide bonds. The van der Waals surface area contributed by atoms with E-state index in [0.717, 1.165) is 43.9 Å². The van der Waals surface area contributed by atoms with Crippen molar-refractivity contribution < 1.29 is 14.3 Å². The van der Waals surface area contributed by atoms with Crippen molar-refractivity contribution in [2.75, 3.05) is 37.9 Å². The lowest BCUT2D eigenvalue weighted by atomic mass is 9.71. The van der Waals surface area contributed by atoms with E-state index in [1.807, 2.05) is 18.2 Å². The maximum Gasteiger partial charge on any atom is 0.227 e. The van der Waals surface area contributed by atoms with Gasteiger partial charge >= 0.3 is 0 Å². The molecule has 2 aliphatic rings. The molecule has 1 aliphatic heterocycles. The monoisotopic (exact) mass is 519 g/mol. The third-order valence-electron chi connectivity index (χ3n) is 7.97. The van der Waals surface area contributed by atoms with Gasteiger partial charge in [0.2, 0.25) is 11.9 Å². The number of methoxy groups -OCH3 is 2. The van der Waals surface area contributed by atoms with Gasteiger partial charge in [-0.1, -0.05) is 39.2 Å². The first-order valence-corrected chi connectivity index (χ1v) is 13.5. The van der Waals surface area contributed by atoms with Crippen LogP contribution in [0.15, 0.2) is 48.6 Å². The van der Waals surface area contributed by atoms with E-state index in [1.165, 1.54) is 11.1 Å². The van der Waals surface area contributed by atoms with Crippen molar-refractivity contribution >= 4 is 28.6 Å². The van der Waals surface area contributed by atoms with Gasteiger partial charge < -0.3 is 25.4 Å². The van der Waals surface area contributed by atoms with Crippen molar-refractivity contribution in [2.24, 2.45) is 11.3 Å². The van der Waals surface area contributed by atoms with Gasteiger partial charge in [0.15, 0.2) is 11.5 Å². The Morgan fingerprint density at radius 1 is 1.16 bits per heavy atom. The van der Waals surface area contributed by atoms with Crippen LogP contribution in [0.5, 0.6) is 11.5 Å². The van der Waals surface area contributed by atoms with Crippen LogP contribution in [0, 0.1) is 11.3 Å². The van der Waals surface area contributed by atoms with Crippen molar-refractivity contribution in [2.45, 2.75) is 58.4 Å². The molecule has 38 heavy (non-hydrogen) atoms. The van der Waals surface area contributed by atoms with Gasteiger partial charge in [-0.2, -0.15) is 4.98 Å². The summed E-state index contributed by atoms with van der Waals surface area (Å²) >= 11 is 0. The second kappa shape index (κ2) is 11.5. The van der Waals surface area contributed by atoms with E-state index in [9.17, 15) is 4.79 Å². The maximum atomic E-state index is 13.8. The molecule has 0 saturated carbocycles. The predicted octanol–water partition coefficient (Wildman–Crippen LogP) is 5.20. The number of aromatic nitrogens is 2. The van der Waals surface area contributed by atoms with Gasteiger partial charge in [-0.15, -0.1) is 0 Å². The summed E-state index contributed by atoms with van der Waals surface area (Å²) in [5, 5.41) is 4.12. The molecule has 1 aromatic carbocycles. The molecule has 204 valence electrons. The summed E-state index contributed by atoms with van der Waals surface area (Å²) in [6.07, 6.45) is 8.78. The molecule has 1 unspecified atom stereocenters. The second-order valence-corrected chi connectivity index (χ2v) is 10.9. The predicted molar refractivity (Wildman–Crippen MR) is 154 cm³/mol. The molecule has 1 aromatic heterocycles. The number of rotatable bonds is 9. The minimum absolute atomic E-state index is 0.122. The highest BCUT2D eigenvalue weighted by molar-refractivity contribution is 5.92. The topological polar surface area (TPSA) is 103 Å². The number of amides is 1. The molecule has 1 fully saturated rings. The normalized spacial score (nSPS) is 19.4. The van der Waals surface area contributed by atoms with Crippen molar-refractivity contribution in [1.82, 2.24) is 15.3 Å². The van der Waals surface area contributed by atoms with E-state index < -0.39 is 5.41 Å². The molecule has 0 spiro atoms. The number of allylic oxidation sites excluding steroid dienone is 3. The molecular weight excluding hydrogens is 478 g/mol. The van der Waals surface area contributed by atoms with E-state index in [4.69, 9.17) is 20.2 Å². The summed E-state index contributed by atoms with van der Waals surface area (Å²) in [5.74, 6) is 2.71. The van der Waals surface area contributed by atoms with Crippen molar-refractivity contribution in [3.63, 3.8) is 0 Å². The lowest BCUT2D eigenvalue weighted by molar-refractivity contribution is -0.134. The Morgan fingerprint density at radius 3 is 2.42 bits per heavy atom. The first kappa shape index (κ1) is 27.5. The molecule has 1 aliphatic carbocycles. The Kier molecular flexibility index (Phi) is 8.29. The van der Waals surface area contributed by atoms with Crippen LogP contribution >= 0.6 is 0 Å². The van der Waals surface area contributed by atoms with Gasteiger partial charge in [0.25, 0.3) is 0 Å². The van der Waals surface area contributed by atoms with Gasteiger partial charge in [0, 0.05) is 30.6 Å². The number of benzene rings is 1. The van der Waals surface area contributed by atoms with Crippen LogP contribution in [0.25, 0.3) is 10.9 Å². The Bertz CT molecular complexity index is 1240. The van der Waals surface area contributed by atoms with E-state index in [1.54, 1.807) is 20.3 Å². The van der Waals surface area contributed by atoms with E-state index >= 15 is 0 Å². The molecule has 2 aromatic rings. The molecule has 2 heterocycles. The summed E-state index contributed by atoms with van der Waals surface area (Å²) in [7, 11) is 3.18. The van der Waals surface area contributed by atoms with Gasteiger partial charge in [0.1, 0.15) is 5.82 Å². The number of fused-ring (bicyclic) bond motifs is 1. The number of anilines is 2. The highest BCUT2D eigenvalue weighted by Crippen LogP contribution is 2.40. The Labute approximate surface area is 226 Å². The first-order chi connectivity index (χ1) is 18.2. The Balaban J connectivity index is 1.52. The molecule has 8 heteroatoms. The Hall–Kier alpha value is -3.55. The van der Waals surface area contributed by atoms with Crippen LogP contribution in [0.3, 0.4) is 0 Å². The van der Waals surface area contributed by atoms with Gasteiger partial charge in [-0.25, -0.2) is 4.98 Å². The smallest absolute Gasteiger partial charge is 0.227 e. The van der Waals surface area contributed by atoms with Crippen LogP contribution in [0.1, 0.15) is 52.4 Å². The van der Waals surface area contributed by atoms with E-state index in [2.05, 4.69) is 42.2 Å². The molecule has 0 radical (unpaired) electrons. The number of ether oxygens (including phenoxy) is 2. The van der Waals surface area contributed by atoms with Gasteiger partial charge in [-0.05, 0) is 61.7 Å². The zero-order valence-electron chi connectivity index (χ0n) is 23.2. The summed E-state index contributed by atoms with van der Waals surface area (Å²) in [4.78, 5) is 25.3. The molecule has 0 bridgehead atoms. The zero-order chi connectivity index (χ0) is 27.4. The lowest BCUT2D eigenvalue weighted by Gasteiger charge is -2.42. The third kappa shape index (κ3) is 5.49. The van der Waals surface area contributed by atoms with Crippen LogP contribution in [-0.4, -0.2) is 49.2 Å². The number of nitrogens with two attached hydrogens (primary N) is 1. The number of piperidine rings is 1. The van der Waals surface area contributed by atoms with Crippen LogP contribution in [0.4, 0.5) is 11.8 Å².